The van der Waals surface area contributed by atoms with Gasteiger partial charge >= 0.3 is 5.69 Å². The molecule has 1 aromatic rings. The number of aromatic nitrogens is 2. The van der Waals surface area contributed by atoms with Crippen molar-refractivity contribution < 1.29 is 4.92 Å². The zero-order chi connectivity index (χ0) is 18.2. The van der Waals surface area contributed by atoms with Gasteiger partial charge in [-0.25, -0.2) is 0 Å². The van der Waals surface area contributed by atoms with Crippen LogP contribution in [0.15, 0.2) is 17.4 Å². The summed E-state index contributed by atoms with van der Waals surface area (Å²) in [5.74, 6) is 2.49. The molecule has 1 aliphatic rings. The Kier molecular flexibility index (Phi) is 9.89. The summed E-state index contributed by atoms with van der Waals surface area (Å²) in [5, 5.41) is 18.0. The zero-order valence-electron chi connectivity index (χ0n) is 15.9. The molecule has 8 nitrogen and oxygen atoms in total. The molecule has 1 N–H and O–H groups in total. The summed E-state index contributed by atoms with van der Waals surface area (Å²) in [6.45, 7) is 7.29. The quantitative estimate of drug-likeness (QED) is 0.214. The van der Waals surface area contributed by atoms with Crippen molar-refractivity contribution in [1.82, 2.24) is 20.0 Å². The lowest BCUT2D eigenvalue weighted by molar-refractivity contribution is -0.385. The SMILES string of the molecule is CCNC(=NCCn1cc([N+](=O)[O-])cn1)N(C)CC1CCC(C)CC1.I. The Balaban J connectivity index is 0.00000338. The van der Waals surface area contributed by atoms with E-state index in [1.54, 1.807) is 4.68 Å². The number of nitrogens with zero attached hydrogens (tertiary/aromatic N) is 5. The molecule has 9 heteroatoms. The summed E-state index contributed by atoms with van der Waals surface area (Å²) in [7, 11) is 2.08. The summed E-state index contributed by atoms with van der Waals surface area (Å²) >= 11 is 0. The first-order chi connectivity index (χ1) is 12.0. The van der Waals surface area contributed by atoms with Crippen LogP contribution in [0.25, 0.3) is 0 Å². The predicted molar refractivity (Wildman–Crippen MR) is 114 cm³/mol. The van der Waals surface area contributed by atoms with Crippen LogP contribution in [-0.2, 0) is 6.54 Å². The highest BCUT2D eigenvalue weighted by molar-refractivity contribution is 14.0. The van der Waals surface area contributed by atoms with Gasteiger partial charge in [-0.15, -0.1) is 24.0 Å². The Morgan fingerprint density at radius 3 is 2.73 bits per heavy atom. The highest BCUT2D eigenvalue weighted by Gasteiger charge is 2.20. The van der Waals surface area contributed by atoms with Gasteiger partial charge in [0.05, 0.1) is 18.0 Å². The third-order valence-corrected chi connectivity index (χ3v) is 4.79. The Morgan fingerprint density at radius 1 is 1.46 bits per heavy atom. The minimum Gasteiger partial charge on any atom is -0.357 e. The number of guanidine groups is 1. The van der Waals surface area contributed by atoms with Crippen LogP contribution in [-0.4, -0.2) is 52.2 Å². The Morgan fingerprint density at radius 2 is 2.15 bits per heavy atom. The highest BCUT2D eigenvalue weighted by atomic mass is 127. The largest absolute Gasteiger partial charge is 0.357 e. The molecule has 0 unspecified atom stereocenters. The van der Waals surface area contributed by atoms with Crippen molar-refractivity contribution in [3.8, 4) is 0 Å². The maximum Gasteiger partial charge on any atom is 0.306 e. The van der Waals surface area contributed by atoms with E-state index in [-0.39, 0.29) is 29.7 Å². The number of nitrogens with one attached hydrogen (secondary N) is 1. The van der Waals surface area contributed by atoms with Crippen LogP contribution < -0.4 is 5.32 Å². The van der Waals surface area contributed by atoms with Gasteiger partial charge in [-0.2, -0.15) is 5.10 Å². The van der Waals surface area contributed by atoms with Crippen molar-refractivity contribution in [2.75, 3.05) is 26.7 Å². The molecule has 26 heavy (non-hydrogen) atoms. The van der Waals surface area contributed by atoms with Gasteiger partial charge in [0.15, 0.2) is 5.96 Å². The van der Waals surface area contributed by atoms with E-state index in [4.69, 9.17) is 0 Å². The number of halogens is 1. The lowest BCUT2D eigenvalue weighted by Crippen LogP contribution is -2.42. The van der Waals surface area contributed by atoms with Crippen LogP contribution >= 0.6 is 24.0 Å². The second-order valence-corrected chi connectivity index (χ2v) is 6.96. The first-order valence-electron chi connectivity index (χ1n) is 9.15. The molecule has 148 valence electrons. The van der Waals surface area contributed by atoms with Crippen molar-refractivity contribution in [1.29, 1.82) is 0 Å². The second-order valence-electron chi connectivity index (χ2n) is 6.96. The molecule has 0 radical (unpaired) electrons. The summed E-state index contributed by atoms with van der Waals surface area (Å²) in [6, 6.07) is 0. The third kappa shape index (κ3) is 7.08. The fourth-order valence-corrected chi connectivity index (χ4v) is 3.28. The van der Waals surface area contributed by atoms with Crippen molar-refractivity contribution in [3.63, 3.8) is 0 Å². The minimum atomic E-state index is -0.435. The number of hydrogen-bond acceptors (Lipinski definition) is 4. The average molecular weight is 478 g/mol. The van der Waals surface area contributed by atoms with Crippen LogP contribution in [0.2, 0.25) is 0 Å². The van der Waals surface area contributed by atoms with Crippen LogP contribution in [0.3, 0.4) is 0 Å². The Hall–Kier alpha value is -1.39. The maximum atomic E-state index is 10.7. The van der Waals surface area contributed by atoms with E-state index in [0.717, 1.165) is 30.9 Å². The number of aliphatic imine (C=N–C) groups is 1. The van der Waals surface area contributed by atoms with E-state index in [0.29, 0.717) is 13.1 Å². The van der Waals surface area contributed by atoms with Crippen LogP contribution in [0, 0.1) is 22.0 Å². The molecule has 0 spiro atoms. The van der Waals surface area contributed by atoms with Gasteiger partial charge in [0.1, 0.15) is 12.4 Å². The molecular formula is C17H31IN6O2. The topological polar surface area (TPSA) is 88.6 Å². The van der Waals surface area contributed by atoms with E-state index in [9.17, 15) is 10.1 Å². The summed E-state index contributed by atoms with van der Waals surface area (Å²) < 4.78 is 1.56. The molecule has 0 saturated heterocycles. The van der Waals surface area contributed by atoms with Gasteiger partial charge in [-0.1, -0.05) is 19.8 Å². The maximum absolute atomic E-state index is 10.7. The van der Waals surface area contributed by atoms with E-state index in [1.165, 1.54) is 38.1 Å². The van der Waals surface area contributed by atoms with Crippen molar-refractivity contribution >= 4 is 35.6 Å². The van der Waals surface area contributed by atoms with E-state index >= 15 is 0 Å². The van der Waals surface area contributed by atoms with Crippen molar-refractivity contribution in [2.45, 2.75) is 46.1 Å². The lowest BCUT2D eigenvalue weighted by Gasteiger charge is -2.31. The predicted octanol–water partition coefficient (Wildman–Crippen LogP) is 3.13. The molecule has 1 aromatic heterocycles. The van der Waals surface area contributed by atoms with Crippen LogP contribution in [0.5, 0.6) is 0 Å². The highest BCUT2D eigenvalue weighted by Crippen LogP contribution is 2.28. The second kappa shape index (κ2) is 11.3. The summed E-state index contributed by atoms with van der Waals surface area (Å²) in [5.41, 5.74) is 0.0135. The molecule has 0 aliphatic heterocycles. The van der Waals surface area contributed by atoms with E-state index < -0.39 is 4.92 Å². The summed E-state index contributed by atoms with van der Waals surface area (Å²) in [6.07, 6.45) is 7.94. The Labute approximate surface area is 172 Å². The first-order valence-corrected chi connectivity index (χ1v) is 9.15. The van der Waals surface area contributed by atoms with Gasteiger partial charge in [0.2, 0.25) is 0 Å². The number of rotatable bonds is 7. The first kappa shape index (κ1) is 22.7. The molecule has 0 bridgehead atoms. The molecule has 1 fully saturated rings. The van der Waals surface area contributed by atoms with E-state index in [2.05, 4.69) is 41.2 Å². The standard InChI is InChI=1S/C17H30N6O2.HI/c1-4-18-17(21(3)12-15-7-5-14(2)6-8-15)19-9-10-22-13-16(11-20-22)23(24)25;/h11,13-15H,4-10,12H2,1-3H3,(H,18,19);1H. The molecular weight excluding hydrogens is 447 g/mol. The van der Waals surface area contributed by atoms with Crippen LogP contribution in [0.1, 0.15) is 39.5 Å². The Bertz CT molecular complexity index is 584. The number of nitro groups is 1. The fourth-order valence-electron chi connectivity index (χ4n) is 3.28. The smallest absolute Gasteiger partial charge is 0.306 e. The molecule has 1 saturated carbocycles. The van der Waals surface area contributed by atoms with Gasteiger partial charge in [0.25, 0.3) is 0 Å². The molecule has 0 atom stereocenters. The monoisotopic (exact) mass is 478 g/mol. The van der Waals surface area contributed by atoms with Gasteiger partial charge in [-0.3, -0.25) is 19.8 Å². The normalized spacial score (nSPS) is 20.3. The fraction of sp³-hybridized carbons (Fsp3) is 0.765. The third-order valence-electron chi connectivity index (χ3n) is 4.79. The molecule has 1 aliphatic carbocycles. The number of hydrogen-bond donors (Lipinski definition) is 1. The van der Waals surface area contributed by atoms with Crippen molar-refractivity contribution in [2.24, 2.45) is 16.8 Å². The van der Waals surface area contributed by atoms with Gasteiger partial charge in [-0.05, 0) is 31.6 Å². The van der Waals surface area contributed by atoms with E-state index in [1.807, 2.05) is 0 Å². The van der Waals surface area contributed by atoms with Crippen LogP contribution in [0.4, 0.5) is 5.69 Å². The van der Waals surface area contributed by atoms with Gasteiger partial charge in [0, 0.05) is 20.1 Å². The lowest BCUT2D eigenvalue weighted by atomic mass is 9.83. The van der Waals surface area contributed by atoms with Gasteiger partial charge < -0.3 is 10.2 Å². The minimum absolute atomic E-state index is 0. The average Bonchev–Trinajstić information content (AvgIpc) is 3.05. The molecule has 1 heterocycles. The molecule has 2 rings (SSSR count). The molecule has 0 aromatic carbocycles. The zero-order valence-corrected chi connectivity index (χ0v) is 18.3. The molecule has 0 amide bonds. The summed E-state index contributed by atoms with van der Waals surface area (Å²) in [4.78, 5) is 17.1. The van der Waals surface area contributed by atoms with Crippen molar-refractivity contribution in [3.05, 3.63) is 22.5 Å².